The molecule has 0 bridgehead atoms. The topological polar surface area (TPSA) is 17.3 Å². The lowest BCUT2D eigenvalue weighted by atomic mass is 10.4. The second-order valence-corrected chi connectivity index (χ2v) is 2.51. The minimum atomic E-state index is 0.744. The quantitative estimate of drug-likeness (QED) is 0.564. The van der Waals surface area contributed by atoms with Gasteiger partial charge in [0.15, 0.2) is 0 Å². The average molecular weight is 153 g/mol. The second kappa shape index (κ2) is 1.99. The van der Waals surface area contributed by atoms with E-state index < -0.39 is 0 Å². The van der Waals surface area contributed by atoms with Crippen LogP contribution < -0.4 is 0 Å². The molecule has 10 heavy (non-hydrogen) atoms. The number of fused-ring (bicyclic) bond motifs is 1. The van der Waals surface area contributed by atoms with Crippen molar-refractivity contribution in [3.8, 4) is 0 Å². The smallest absolute Gasteiger partial charge is 0.0991 e. The number of aromatic nitrogens is 2. The number of hydrogen-bond acceptors (Lipinski definition) is 1. The van der Waals surface area contributed by atoms with Gasteiger partial charge >= 0.3 is 0 Å². The first-order valence-corrected chi connectivity index (χ1v) is 3.31. The van der Waals surface area contributed by atoms with Crippen molar-refractivity contribution < 1.29 is 0 Å². The fraction of sp³-hybridized carbons (Fsp3) is 0. The maximum Gasteiger partial charge on any atom is 0.0991 e. The van der Waals surface area contributed by atoms with Crippen LogP contribution in [-0.4, -0.2) is 9.38 Å². The van der Waals surface area contributed by atoms with Crippen LogP contribution in [-0.2, 0) is 0 Å². The molecule has 0 saturated heterocycles. The van der Waals surface area contributed by atoms with E-state index in [1.807, 2.05) is 22.7 Å². The van der Waals surface area contributed by atoms with Crippen molar-refractivity contribution in [2.24, 2.45) is 0 Å². The van der Waals surface area contributed by atoms with E-state index in [0.29, 0.717) is 0 Å². The Hall–Kier alpha value is -1.02. The molecule has 0 saturated carbocycles. The highest BCUT2D eigenvalue weighted by molar-refractivity contribution is 6.30. The molecule has 0 spiro atoms. The van der Waals surface area contributed by atoms with Crippen molar-refractivity contribution in [3.63, 3.8) is 0 Å². The highest BCUT2D eigenvalue weighted by Crippen LogP contribution is 2.10. The van der Waals surface area contributed by atoms with Crippen LogP contribution >= 0.6 is 11.6 Å². The summed E-state index contributed by atoms with van der Waals surface area (Å²) in [7, 11) is 0. The lowest BCUT2D eigenvalue weighted by Crippen LogP contribution is -1.77. The molecule has 0 unspecified atom stereocenters. The first-order valence-electron chi connectivity index (χ1n) is 2.93. The molecule has 0 fully saturated rings. The molecule has 3 heteroatoms. The fourth-order valence-electron chi connectivity index (χ4n) is 0.892. The lowest BCUT2D eigenvalue weighted by Gasteiger charge is -1.91. The summed E-state index contributed by atoms with van der Waals surface area (Å²) in [4.78, 5) is 3.95. The molecule has 0 aromatic carbocycles. The molecule has 0 radical (unpaired) electrons. The van der Waals surface area contributed by atoms with E-state index in [9.17, 15) is 0 Å². The molecule has 0 aliphatic rings. The minimum Gasteiger partial charge on any atom is -0.306 e. The second-order valence-electron chi connectivity index (χ2n) is 2.07. The Balaban J connectivity index is 2.86. The largest absolute Gasteiger partial charge is 0.306 e. The van der Waals surface area contributed by atoms with Gasteiger partial charge in [-0.2, -0.15) is 0 Å². The molecule has 2 aromatic heterocycles. The molecule has 0 amide bonds. The fourth-order valence-corrected chi connectivity index (χ4v) is 1.06. The van der Waals surface area contributed by atoms with Gasteiger partial charge in [0.2, 0.25) is 0 Å². The summed E-state index contributed by atoms with van der Waals surface area (Å²) in [5.74, 6) is 0. The van der Waals surface area contributed by atoms with E-state index in [2.05, 4.69) is 4.98 Å². The highest BCUT2D eigenvalue weighted by atomic mass is 35.5. The van der Waals surface area contributed by atoms with Crippen molar-refractivity contribution in [2.45, 2.75) is 0 Å². The van der Waals surface area contributed by atoms with Crippen LogP contribution in [0.5, 0.6) is 0 Å². The highest BCUT2D eigenvalue weighted by Gasteiger charge is 1.91. The average Bonchev–Trinajstić information content (AvgIpc) is 2.33. The van der Waals surface area contributed by atoms with Crippen LogP contribution in [0, 0.1) is 0 Å². The first kappa shape index (κ1) is 5.74. The van der Waals surface area contributed by atoms with Gasteiger partial charge in [-0.25, -0.2) is 4.98 Å². The van der Waals surface area contributed by atoms with Crippen molar-refractivity contribution >= 4 is 17.1 Å². The minimum absolute atomic E-state index is 0.744. The monoisotopic (exact) mass is 152 g/mol. The first-order chi connectivity index (χ1) is 4.86. The van der Waals surface area contributed by atoms with Crippen molar-refractivity contribution in [1.29, 1.82) is 0 Å². The number of hydrogen-bond donors (Lipinski definition) is 0. The Morgan fingerprint density at radius 2 is 2.40 bits per heavy atom. The predicted molar refractivity (Wildman–Crippen MR) is 40.2 cm³/mol. The normalized spacial score (nSPS) is 10.5. The van der Waals surface area contributed by atoms with Gasteiger partial charge in [-0.15, -0.1) is 0 Å². The molecular weight excluding hydrogens is 148 g/mol. The third kappa shape index (κ3) is 0.772. The summed E-state index contributed by atoms with van der Waals surface area (Å²) in [5, 5.41) is 0.744. The summed E-state index contributed by atoms with van der Waals surface area (Å²) in [6.07, 6.45) is 5.39. The van der Waals surface area contributed by atoms with Gasteiger partial charge in [0.1, 0.15) is 0 Å². The van der Waals surface area contributed by atoms with E-state index in [4.69, 9.17) is 11.6 Å². The molecule has 2 nitrogen and oxygen atoms in total. The van der Waals surface area contributed by atoms with Crippen LogP contribution in [0.4, 0.5) is 0 Å². The summed E-state index contributed by atoms with van der Waals surface area (Å²) < 4.78 is 1.91. The van der Waals surface area contributed by atoms with Crippen LogP contribution in [0.3, 0.4) is 0 Å². The number of nitrogens with zero attached hydrogens (tertiary/aromatic N) is 2. The van der Waals surface area contributed by atoms with E-state index in [1.165, 1.54) is 0 Å². The van der Waals surface area contributed by atoms with Crippen LogP contribution in [0.15, 0.2) is 30.9 Å². The maximum absolute atomic E-state index is 5.73. The molecule has 0 atom stereocenters. The van der Waals surface area contributed by atoms with Crippen LogP contribution in [0.1, 0.15) is 0 Å². The third-order valence-electron chi connectivity index (χ3n) is 1.38. The number of imidazole rings is 1. The van der Waals surface area contributed by atoms with Gasteiger partial charge in [-0.05, 0) is 12.1 Å². The molecule has 50 valence electrons. The zero-order valence-electron chi connectivity index (χ0n) is 5.16. The summed E-state index contributed by atoms with van der Waals surface area (Å²) in [5.41, 5.74) is 1.02. The molecule has 0 aliphatic carbocycles. The molecule has 2 aromatic rings. The Labute approximate surface area is 63.1 Å². The zero-order valence-corrected chi connectivity index (χ0v) is 5.92. The number of pyridine rings is 1. The summed E-state index contributed by atoms with van der Waals surface area (Å²) in [6, 6.07) is 3.70. The van der Waals surface area contributed by atoms with E-state index in [0.717, 1.165) is 10.5 Å². The number of halogens is 1. The third-order valence-corrected chi connectivity index (χ3v) is 1.61. The molecular formula is C7H5ClN2. The van der Waals surface area contributed by atoms with Gasteiger partial charge in [-0.1, -0.05) is 11.6 Å². The molecule has 2 rings (SSSR count). The van der Waals surface area contributed by atoms with E-state index in [-0.39, 0.29) is 0 Å². The zero-order chi connectivity index (χ0) is 6.97. The van der Waals surface area contributed by atoms with Crippen molar-refractivity contribution in [2.75, 3.05) is 0 Å². The van der Waals surface area contributed by atoms with Gasteiger partial charge in [0.25, 0.3) is 0 Å². The SMILES string of the molecule is Clc1ccn2cncc2c1. The maximum atomic E-state index is 5.73. The lowest BCUT2D eigenvalue weighted by molar-refractivity contribution is 1.15. The van der Waals surface area contributed by atoms with E-state index in [1.54, 1.807) is 12.5 Å². The molecule has 0 aliphatic heterocycles. The summed E-state index contributed by atoms with van der Waals surface area (Å²) in [6.45, 7) is 0. The molecule has 2 heterocycles. The van der Waals surface area contributed by atoms with E-state index >= 15 is 0 Å². The molecule has 0 N–H and O–H groups in total. The van der Waals surface area contributed by atoms with Gasteiger partial charge in [0.05, 0.1) is 18.0 Å². The predicted octanol–water partition coefficient (Wildman–Crippen LogP) is 1.99. The Kier molecular flexibility index (Phi) is 1.14. The van der Waals surface area contributed by atoms with Gasteiger partial charge < -0.3 is 4.40 Å². The Bertz CT molecular complexity index is 353. The van der Waals surface area contributed by atoms with Crippen molar-refractivity contribution in [3.05, 3.63) is 35.9 Å². The van der Waals surface area contributed by atoms with Gasteiger partial charge in [0, 0.05) is 11.2 Å². The standard InChI is InChI=1S/C7H5ClN2/c8-6-1-2-10-5-9-4-7(10)3-6/h1-5H. The van der Waals surface area contributed by atoms with Crippen molar-refractivity contribution in [1.82, 2.24) is 9.38 Å². The van der Waals surface area contributed by atoms with Crippen LogP contribution in [0.25, 0.3) is 5.52 Å². The van der Waals surface area contributed by atoms with Crippen LogP contribution in [0.2, 0.25) is 5.02 Å². The van der Waals surface area contributed by atoms with Gasteiger partial charge in [-0.3, -0.25) is 0 Å². The Morgan fingerprint density at radius 1 is 1.50 bits per heavy atom. The number of rotatable bonds is 0. The Morgan fingerprint density at radius 3 is 3.30 bits per heavy atom. The summed E-state index contributed by atoms with van der Waals surface area (Å²) >= 11 is 5.73.